The number of aromatic nitrogens is 1. The number of sulfone groups is 1. The Hall–Kier alpha value is -0.950. The highest BCUT2D eigenvalue weighted by Gasteiger charge is 2.33. The fraction of sp³-hybridized carbons (Fsp3) is 0.500. The molecule has 19 heavy (non-hydrogen) atoms. The van der Waals surface area contributed by atoms with E-state index < -0.39 is 15.1 Å². The third kappa shape index (κ3) is 2.97. The van der Waals surface area contributed by atoms with Gasteiger partial charge in [-0.1, -0.05) is 0 Å². The quantitative estimate of drug-likeness (QED) is 0.816. The molecule has 1 aromatic rings. The normalized spacial score (nSPS) is 17.5. The molecule has 7 heteroatoms. The van der Waals surface area contributed by atoms with Crippen molar-refractivity contribution in [3.05, 3.63) is 22.8 Å². The number of carbonyl (C=O) groups excluding carboxylic acids is 1. The Morgan fingerprint density at radius 2 is 2.05 bits per heavy atom. The molecule has 2 rings (SSSR count). The van der Waals surface area contributed by atoms with E-state index in [1.807, 2.05) is 0 Å². The Kier molecular flexibility index (Phi) is 4.25. The first-order chi connectivity index (χ1) is 8.93. The summed E-state index contributed by atoms with van der Waals surface area (Å²) in [6.45, 7) is 2.48. The fourth-order valence-corrected chi connectivity index (χ4v) is 4.85. The number of pyridine rings is 1. The van der Waals surface area contributed by atoms with E-state index in [9.17, 15) is 13.2 Å². The Balaban J connectivity index is 2.19. The lowest BCUT2D eigenvalue weighted by Gasteiger charge is -2.30. The van der Waals surface area contributed by atoms with Crippen molar-refractivity contribution < 1.29 is 13.2 Å². The molecule has 0 spiro atoms. The summed E-state index contributed by atoms with van der Waals surface area (Å²) in [4.78, 5) is 16.9. The topological polar surface area (TPSA) is 67.3 Å². The molecule has 0 saturated carbocycles. The maximum Gasteiger partial charge on any atom is 0.219 e. The standard InChI is InChI=1S/C12H15BrN2O3S/c1-9(16)15-7-4-10(5-8-15)19(17,18)12-11(13)3-2-6-14-12/h2-3,6,10H,4-5,7-8H2,1H3. The van der Waals surface area contributed by atoms with Crippen LogP contribution in [0.15, 0.2) is 27.8 Å². The van der Waals surface area contributed by atoms with E-state index in [2.05, 4.69) is 20.9 Å². The number of nitrogens with zero attached hydrogens (tertiary/aromatic N) is 2. The van der Waals surface area contributed by atoms with E-state index in [0.29, 0.717) is 30.4 Å². The van der Waals surface area contributed by atoms with E-state index >= 15 is 0 Å². The van der Waals surface area contributed by atoms with E-state index in [0.717, 1.165) is 0 Å². The molecule has 1 aliphatic rings. The van der Waals surface area contributed by atoms with E-state index in [-0.39, 0.29) is 10.9 Å². The maximum absolute atomic E-state index is 12.5. The van der Waals surface area contributed by atoms with E-state index in [4.69, 9.17) is 0 Å². The maximum atomic E-state index is 12.5. The predicted octanol–water partition coefficient (Wildman–Crippen LogP) is 1.63. The predicted molar refractivity (Wildman–Crippen MR) is 74.4 cm³/mol. The van der Waals surface area contributed by atoms with Gasteiger partial charge in [0, 0.05) is 26.2 Å². The lowest BCUT2D eigenvalue weighted by atomic mass is 10.1. The van der Waals surface area contributed by atoms with Crippen LogP contribution in [-0.2, 0) is 14.6 Å². The highest BCUT2D eigenvalue weighted by Crippen LogP contribution is 2.27. The fourth-order valence-electron chi connectivity index (χ4n) is 2.22. The average Bonchev–Trinajstić information content (AvgIpc) is 2.39. The third-order valence-corrected chi connectivity index (χ3v) is 6.44. The first kappa shape index (κ1) is 14.5. The van der Waals surface area contributed by atoms with Crippen LogP contribution in [-0.4, -0.2) is 42.5 Å². The second kappa shape index (κ2) is 5.58. The molecule has 1 amide bonds. The summed E-state index contributed by atoms with van der Waals surface area (Å²) >= 11 is 3.23. The van der Waals surface area contributed by atoms with Gasteiger partial charge >= 0.3 is 0 Å². The summed E-state index contributed by atoms with van der Waals surface area (Å²) in [5.74, 6) is -0.00475. The van der Waals surface area contributed by atoms with Crippen molar-refractivity contribution in [2.75, 3.05) is 13.1 Å². The van der Waals surface area contributed by atoms with Crippen LogP contribution in [0.25, 0.3) is 0 Å². The molecule has 0 N–H and O–H groups in total. The van der Waals surface area contributed by atoms with Crippen LogP contribution in [0.3, 0.4) is 0 Å². The SMILES string of the molecule is CC(=O)N1CCC(S(=O)(=O)c2ncccc2Br)CC1. The van der Waals surface area contributed by atoms with Crippen molar-refractivity contribution in [2.45, 2.75) is 30.0 Å². The second-order valence-corrected chi connectivity index (χ2v) is 7.54. The van der Waals surface area contributed by atoms with Crippen molar-refractivity contribution in [1.82, 2.24) is 9.88 Å². The van der Waals surface area contributed by atoms with Gasteiger partial charge in [-0.15, -0.1) is 0 Å². The van der Waals surface area contributed by atoms with Gasteiger partial charge in [0.15, 0.2) is 14.9 Å². The van der Waals surface area contributed by atoms with Crippen LogP contribution in [0.1, 0.15) is 19.8 Å². The Morgan fingerprint density at radius 1 is 1.42 bits per heavy atom. The van der Waals surface area contributed by atoms with Crippen molar-refractivity contribution in [3.63, 3.8) is 0 Å². The van der Waals surface area contributed by atoms with Gasteiger partial charge < -0.3 is 4.90 Å². The smallest absolute Gasteiger partial charge is 0.219 e. The molecule has 1 fully saturated rings. The number of amides is 1. The van der Waals surface area contributed by atoms with Gasteiger partial charge in [0.25, 0.3) is 0 Å². The molecular weight excluding hydrogens is 332 g/mol. The third-order valence-electron chi connectivity index (χ3n) is 3.32. The number of halogens is 1. The van der Waals surface area contributed by atoms with Gasteiger partial charge in [-0.25, -0.2) is 13.4 Å². The van der Waals surface area contributed by atoms with Gasteiger partial charge in [-0.05, 0) is 40.9 Å². The number of rotatable bonds is 2. The van der Waals surface area contributed by atoms with Crippen molar-refractivity contribution in [3.8, 4) is 0 Å². The van der Waals surface area contributed by atoms with Crippen LogP contribution >= 0.6 is 15.9 Å². The monoisotopic (exact) mass is 346 g/mol. The molecule has 2 heterocycles. The summed E-state index contributed by atoms with van der Waals surface area (Å²) in [5.41, 5.74) is 0. The number of likely N-dealkylation sites (tertiary alicyclic amines) is 1. The summed E-state index contributed by atoms with van der Waals surface area (Å²) in [6, 6.07) is 3.35. The van der Waals surface area contributed by atoms with Crippen LogP contribution in [0.4, 0.5) is 0 Å². The van der Waals surface area contributed by atoms with E-state index in [1.54, 1.807) is 17.0 Å². The average molecular weight is 347 g/mol. The van der Waals surface area contributed by atoms with Gasteiger partial charge in [0.2, 0.25) is 5.91 Å². The first-order valence-corrected chi connectivity index (χ1v) is 8.37. The molecule has 0 unspecified atom stereocenters. The zero-order chi connectivity index (χ0) is 14.0. The minimum Gasteiger partial charge on any atom is -0.343 e. The summed E-state index contributed by atoms with van der Waals surface area (Å²) < 4.78 is 25.5. The second-order valence-electron chi connectivity index (χ2n) is 4.54. The van der Waals surface area contributed by atoms with Crippen LogP contribution < -0.4 is 0 Å². The summed E-state index contributed by atoms with van der Waals surface area (Å²) in [6.07, 6.45) is 2.40. The summed E-state index contributed by atoms with van der Waals surface area (Å²) in [7, 11) is -3.44. The van der Waals surface area contributed by atoms with Crippen LogP contribution in [0.5, 0.6) is 0 Å². The Morgan fingerprint density at radius 3 is 2.58 bits per heavy atom. The number of carbonyl (C=O) groups is 1. The molecule has 1 saturated heterocycles. The lowest BCUT2D eigenvalue weighted by Crippen LogP contribution is -2.41. The minimum atomic E-state index is -3.44. The molecule has 5 nitrogen and oxygen atoms in total. The molecule has 0 atom stereocenters. The lowest BCUT2D eigenvalue weighted by molar-refractivity contribution is -0.129. The molecule has 0 bridgehead atoms. The van der Waals surface area contributed by atoms with Gasteiger partial charge in [0.05, 0.1) is 9.72 Å². The molecule has 1 aliphatic heterocycles. The largest absolute Gasteiger partial charge is 0.343 e. The number of hydrogen-bond acceptors (Lipinski definition) is 4. The van der Waals surface area contributed by atoms with Crippen molar-refractivity contribution in [1.29, 1.82) is 0 Å². The van der Waals surface area contributed by atoms with Crippen molar-refractivity contribution in [2.24, 2.45) is 0 Å². The van der Waals surface area contributed by atoms with Gasteiger partial charge in [-0.2, -0.15) is 0 Å². The number of hydrogen-bond donors (Lipinski definition) is 0. The zero-order valence-corrected chi connectivity index (χ0v) is 12.9. The van der Waals surface area contributed by atoms with Crippen LogP contribution in [0, 0.1) is 0 Å². The molecular formula is C12H15BrN2O3S. The highest BCUT2D eigenvalue weighted by molar-refractivity contribution is 9.10. The summed E-state index contributed by atoms with van der Waals surface area (Å²) in [5, 5.41) is -0.370. The van der Waals surface area contributed by atoms with Crippen LogP contribution in [0.2, 0.25) is 0 Å². The van der Waals surface area contributed by atoms with E-state index in [1.165, 1.54) is 13.1 Å². The number of piperidine rings is 1. The van der Waals surface area contributed by atoms with Crippen molar-refractivity contribution >= 4 is 31.7 Å². The molecule has 104 valence electrons. The van der Waals surface area contributed by atoms with Gasteiger partial charge in [-0.3, -0.25) is 4.79 Å². The molecule has 0 aromatic carbocycles. The molecule has 0 aliphatic carbocycles. The van der Waals surface area contributed by atoms with Gasteiger partial charge in [0.1, 0.15) is 0 Å². The Bertz CT molecular complexity index is 580. The zero-order valence-electron chi connectivity index (χ0n) is 10.5. The Labute approximate surface area is 121 Å². The highest BCUT2D eigenvalue weighted by atomic mass is 79.9. The molecule has 1 aromatic heterocycles. The molecule has 0 radical (unpaired) electrons. The minimum absolute atomic E-state index is 0.00475. The first-order valence-electron chi connectivity index (χ1n) is 6.03.